The van der Waals surface area contributed by atoms with Crippen molar-refractivity contribution in [2.24, 2.45) is 5.92 Å². The van der Waals surface area contributed by atoms with E-state index in [-0.39, 0.29) is 42.7 Å². The average molecular weight is 641 g/mol. The van der Waals surface area contributed by atoms with Crippen molar-refractivity contribution < 1.29 is 28.7 Å². The third-order valence-corrected chi connectivity index (χ3v) is 9.12. The van der Waals surface area contributed by atoms with Crippen molar-refractivity contribution in [1.29, 1.82) is 0 Å². The van der Waals surface area contributed by atoms with Crippen LogP contribution in [0.5, 0.6) is 5.75 Å². The number of carbonyl (C=O) groups excluding carboxylic acids is 5. The monoisotopic (exact) mass is 640 g/mol. The number of nitrogens with one attached hydrogen (secondary N) is 5. The summed E-state index contributed by atoms with van der Waals surface area (Å²) in [6, 6.07) is 4.53. The third-order valence-electron chi connectivity index (χ3n) is 8.09. The molecular formula is C32H44N6O6S. The molecule has 1 aliphatic heterocycles. The fourth-order valence-corrected chi connectivity index (χ4v) is 6.46. The van der Waals surface area contributed by atoms with E-state index in [9.17, 15) is 24.0 Å². The van der Waals surface area contributed by atoms with Crippen molar-refractivity contribution in [3.63, 3.8) is 0 Å². The Bertz CT molecular complexity index is 1370. The van der Waals surface area contributed by atoms with Crippen molar-refractivity contribution in [2.75, 3.05) is 19.7 Å². The molecule has 1 saturated carbocycles. The molecule has 45 heavy (non-hydrogen) atoms. The highest BCUT2D eigenvalue weighted by Crippen LogP contribution is 2.29. The number of rotatable bonds is 6. The van der Waals surface area contributed by atoms with Crippen LogP contribution in [0.1, 0.15) is 79.9 Å². The molecule has 5 amide bonds. The minimum Gasteiger partial charge on any atom is -0.491 e. The van der Waals surface area contributed by atoms with Gasteiger partial charge in [0.15, 0.2) is 0 Å². The van der Waals surface area contributed by atoms with Gasteiger partial charge in [-0.1, -0.05) is 45.2 Å². The standard InChI is InChI=1S/C32H44N6O6S/c1-20(2)27-30(42)34-16-17-44-24-11-6-5-10-22(24)28(40)36-23(29(41)33-15-9-12-26-35-21(3)19-45-26)18-25(39)38-32(31(43)37-27)13-7-4-8-14-32/h5-6,10-11,19-20,23,27H,4,7-9,12-18H2,1-3H3,(H,33,41)(H,34,42)(H,36,40)(H,37,43)(H,38,39)/t23-,27+/m0/s1. The lowest BCUT2D eigenvalue weighted by atomic mass is 9.80. The first-order chi connectivity index (χ1) is 21.6. The molecule has 0 radical (unpaired) electrons. The van der Waals surface area contributed by atoms with Crippen molar-refractivity contribution in [3.8, 4) is 5.75 Å². The van der Waals surface area contributed by atoms with Gasteiger partial charge in [0.2, 0.25) is 23.6 Å². The van der Waals surface area contributed by atoms with Gasteiger partial charge < -0.3 is 31.3 Å². The molecule has 4 rings (SSSR count). The van der Waals surface area contributed by atoms with E-state index in [1.165, 1.54) is 0 Å². The summed E-state index contributed by atoms with van der Waals surface area (Å²) in [6.45, 7) is 6.14. The highest BCUT2D eigenvalue weighted by atomic mass is 32.1. The van der Waals surface area contributed by atoms with Crippen molar-refractivity contribution in [1.82, 2.24) is 31.6 Å². The highest BCUT2D eigenvalue weighted by molar-refractivity contribution is 7.09. The summed E-state index contributed by atoms with van der Waals surface area (Å²) < 4.78 is 5.83. The molecule has 2 atom stereocenters. The predicted octanol–water partition coefficient (Wildman–Crippen LogP) is 2.16. The molecule has 2 heterocycles. The molecule has 1 aromatic carbocycles. The number of para-hydroxylation sites is 1. The zero-order valence-corrected chi connectivity index (χ0v) is 27.0. The number of benzene rings is 1. The number of hydrogen-bond acceptors (Lipinski definition) is 8. The number of aromatic nitrogens is 1. The number of thiazole rings is 1. The topological polar surface area (TPSA) is 168 Å². The lowest BCUT2D eigenvalue weighted by Crippen LogP contribution is -2.64. The van der Waals surface area contributed by atoms with Crippen LogP contribution in [0.25, 0.3) is 0 Å². The van der Waals surface area contributed by atoms with Crippen LogP contribution >= 0.6 is 11.3 Å². The van der Waals surface area contributed by atoms with Gasteiger partial charge in [0.1, 0.15) is 30.0 Å². The van der Waals surface area contributed by atoms with Gasteiger partial charge in [0, 0.05) is 24.0 Å². The first-order valence-corrected chi connectivity index (χ1v) is 16.6. The van der Waals surface area contributed by atoms with E-state index in [0.717, 1.165) is 30.0 Å². The molecule has 0 saturated heterocycles. The number of carbonyl (C=O) groups is 5. The minimum atomic E-state index is -1.23. The zero-order chi connectivity index (χ0) is 32.4. The summed E-state index contributed by atoms with van der Waals surface area (Å²) >= 11 is 1.56. The number of amides is 5. The number of hydrogen-bond donors (Lipinski definition) is 5. The Morgan fingerprint density at radius 3 is 2.58 bits per heavy atom. The summed E-state index contributed by atoms with van der Waals surface area (Å²) in [4.78, 5) is 71.8. The summed E-state index contributed by atoms with van der Waals surface area (Å²) in [6.07, 6.45) is 4.10. The Kier molecular flexibility index (Phi) is 11.9. The zero-order valence-electron chi connectivity index (χ0n) is 26.2. The molecule has 1 fully saturated rings. The van der Waals surface area contributed by atoms with Crippen LogP contribution < -0.4 is 31.3 Å². The number of aryl methyl sites for hydroxylation is 2. The van der Waals surface area contributed by atoms with Crippen LogP contribution in [-0.2, 0) is 25.6 Å². The Morgan fingerprint density at radius 2 is 1.87 bits per heavy atom. The Balaban J connectivity index is 1.57. The van der Waals surface area contributed by atoms with Crippen molar-refractivity contribution >= 4 is 40.9 Å². The summed E-state index contributed by atoms with van der Waals surface area (Å²) in [5.74, 6) is -2.40. The van der Waals surface area contributed by atoms with Gasteiger partial charge in [0.05, 0.1) is 23.5 Å². The number of ether oxygens (including phenoxy) is 1. The largest absolute Gasteiger partial charge is 0.491 e. The maximum absolute atomic E-state index is 13.8. The quantitative estimate of drug-likeness (QED) is 0.302. The molecule has 1 aliphatic carbocycles. The van der Waals surface area contributed by atoms with Gasteiger partial charge in [-0.05, 0) is 44.2 Å². The lowest BCUT2D eigenvalue weighted by molar-refractivity contribution is -0.138. The normalized spacial score (nSPS) is 21.4. The van der Waals surface area contributed by atoms with Gasteiger partial charge in [-0.3, -0.25) is 24.0 Å². The smallest absolute Gasteiger partial charge is 0.255 e. The van der Waals surface area contributed by atoms with Gasteiger partial charge in [-0.2, -0.15) is 0 Å². The predicted molar refractivity (Wildman–Crippen MR) is 170 cm³/mol. The van der Waals surface area contributed by atoms with Crippen LogP contribution in [0, 0.1) is 12.8 Å². The van der Waals surface area contributed by atoms with Gasteiger partial charge in [-0.15, -0.1) is 11.3 Å². The van der Waals surface area contributed by atoms with Gasteiger partial charge in [0.25, 0.3) is 5.91 Å². The lowest BCUT2D eigenvalue weighted by Gasteiger charge is -2.38. The SMILES string of the molecule is Cc1csc(CCCNC(=O)[C@@H]2CC(=O)NC3(CCCCC3)C(=O)N[C@H](C(C)C)C(=O)NCCOc3ccccc3C(=O)N2)n1. The maximum Gasteiger partial charge on any atom is 0.255 e. The van der Waals surface area contributed by atoms with E-state index in [1.54, 1.807) is 35.6 Å². The molecule has 0 bridgehead atoms. The minimum absolute atomic E-state index is 0.0707. The molecule has 2 aliphatic rings. The van der Waals surface area contributed by atoms with E-state index in [2.05, 4.69) is 31.6 Å². The molecule has 13 heteroatoms. The van der Waals surface area contributed by atoms with E-state index in [0.29, 0.717) is 32.2 Å². The third kappa shape index (κ3) is 9.25. The first-order valence-electron chi connectivity index (χ1n) is 15.7. The molecule has 5 N–H and O–H groups in total. The Morgan fingerprint density at radius 1 is 1.11 bits per heavy atom. The van der Waals surface area contributed by atoms with E-state index in [1.807, 2.05) is 26.2 Å². The fraction of sp³-hybridized carbons (Fsp3) is 0.562. The van der Waals surface area contributed by atoms with Crippen LogP contribution in [0.2, 0.25) is 0 Å². The summed E-state index contributed by atoms with van der Waals surface area (Å²) in [5, 5.41) is 17.1. The highest BCUT2D eigenvalue weighted by Gasteiger charge is 2.43. The Labute approximate surface area is 267 Å². The van der Waals surface area contributed by atoms with E-state index >= 15 is 0 Å². The van der Waals surface area contributed by atoms with Crippen molar-refractivity contribution in [3.05, 3.63) is 45.9 Å². The summed E-state index contributed by atoms with van der Waals surface area (Å²) in [7, 11) is 0. The second-order valence-corrected chi connectivity index (χ2v) is 13.0. The molecule has 244 valence electrons. The number of nitrogens with zero attached hydrogens (tertiary/aromatic N) is 1. The molecular weight excluding hydrogens is 596 g/mol. The fourth-order valence-electron chi connectivity index (χ4n) is 5.64. The van der Waals surface area contributed by atoms with E-state index in [4.69, 9.17) is 4.74 Å². The number of fused-ring (bicyclic) bond motifs is 1. The van der Waals surface area contributed by atoms with Gasteiger partial charge >= 0.3 is 0 Å². The molecule has 12 nitrogen and oxygen atoms in total. The Hall–Kier alpha value is -4.00. The van der Waals surface area contributed by atoms with Gasteiger partial charge in [-0.25, -0.2) is 4.98 Å². The van der Waals surface area contributed by atoms with E-state index < -0.39 is 41.3 Å². The molecule has 0 unspecified atom stereocenters. The second kappa shape index (κ2) is 15.8. The second-order valence-electron chi connectivity index (χ2n) is 12.0. The van der Waals surface area contributed by atoms with Crippen LogP contribution in [0.4, 0.5) is 0 Å². The molecule has 1 aromatic heterocycles. The van der Waals surface area contributed by atoms with Crippen LogP contribution in [0.15, 0.2) is 29.6 Å². The van der Waals surface area contributed by atoms with Crippen LogP contribution in [0.3, 0.4) is 0 Å². The average Bonchev–Trinajstić information content (AvgIpc) is 3.44. The maximum atomic E-state index is 13.8. The molecule has 2 aromatic rings. The first kappa shape index (κ1) is 33.9. The van der Waals surface area contributed by atoms with Crippen molar-refractivity contribution in [2.45, 2.75) is 89.8 Å². The van der Waals surface area contributed by atoms with Crippen LogP contribution in [-0.4, -0.2) is 71.8 Å². The summed E-state index contributed by atoms with van der Waals surface area (Å²) in [5.41, 5.74) is -0.0969. The molecule has 1 spiro atoms.